The third kappa shape index (κ3) is 3.17. The first kappa shape index (κ1) is 18.3. The molecule has 0 bridgehead atoms. The van der Waals surface area contributed by atoms with Gasteiger partial charge in [-0.05, 0) is 22.8 Å². The molecule has 0 aromatic carbocycles. The molecule has 7 N–H and O–H groups in total. The smallest absolute Gasteiger partial charge is 0.271 e. The van der Waals surface area contributed by atoms with Gasteiger partial charge in [-0.3, -0.25) is 14.7 Å². The number of nitrogens with one attached hydrogen (secondary N) is 3. The van der Waals surface area contributed by atoms with Crippen LogP contribution >= 0.6 is 11.8 Å². The number of anilines is 1. The van der Waals surface area contributed by atoms with Gasteiger partial charge in [0.15, 0.2) is 5.50 Å². The van der Waals surface area contributed by atoms with Crippen molar-refractivity contribution in [1.82, 2.24) is 30.8 Å². The Labute approximate surface area is 164 Å². The molecule has 4 rings (SSSR count). The molecule has 0 radical (unpaired) electrons. The number of aromatic amines is 1. The molecule has 1 aliphatic carbocycles. The van der Waals surface area contributed by atoms with Gasteiger partial charge < -0.3 is 22.1 Å². The lowest BCUT2D eigenvalue weighted by atomic mass is 9.73. The number of nitrogens with two attached hydrogens (primary N) is 2. The van der Waals surface area contributed by atoms with Gasteiger partial charge in [-0.1, -0.05) is 25.6 Å². The van der Waals surface area contributed by atoms with Crippen molar-refractivity contribution in [3.05, 3.63) is 34.1 Å². The maximum absolute atomic E-state index is 12.9. The van der Waals surface area contributed by atoms with E-state index in [4.69, 9.17) is 11.5 Å². The molecular formula is C17H20N8O2S. The molecule has 1 unspecified atom stereocenters. The van der Waals surface area contributed by atoms with Crippen molar-refractivity contribution in [2.24, 2.45) is 5.73 Å². The van der Waals surface area contributed by atoms with Crippen molar-refractivity contribution in [2.75, 3.05) is 5.73 Å². The Kier molecular flexibility index (Phi) is 4.26. The Bertz CT molecular complexity index is 1010. The molecule has 10 nitrogen and oxygen atoms in total. The average molecular weight is 400 g/mol. The lowest BCUT2D eigenvalue weighted by Gasteiger charge is -2.31. The topological polar surface area (TPSA) is 165 Å². The van der Waals surface area contributed by atoms with Crippen molar-refractivity contribution >= 4 is 29.5 Å². The summed E-state index contributed by atoms with van der Waals surface area (Å²) in [6, 6.07) is 0. The molecule has 11 heteroatoms. The number of hydrogen-bond acceptors (Lipinski definition) is 8. The second kappa shape index (κ2) is 6.51. The number of aromatic nitrogens is 4. The van der Waals surface area contributed by atoms with Gasteiger partial charge in [-0.25, -0.2) is 9.97 Å². The van der Waals surface area contributed by atoms with Crippen LogP contribution in [0.2, 0.25) is 0 Å². The van der Waals surface area contributed by atoms with Crippen molar-refractivity contribution < 1.29 is 9.59 Å². The number of rotatable bonds is 4. The zero-order valence-electron chi connectivity index (χ0n) is 15.4. The molecule has 0 saturated heterocycles. The number of amides is 2. The van der Waals surface area contributed by atoms with Gasteiger partial charge in [0, 0.05) is 17.5 Å². The van der Waals surface area contributed by atoms with E-state index in [0.29, 0.717) is 29.2 Å². The second-order valence-corrected chi connectivity index (χ2v) is 8.38. The van der Waals surface area contributed by atoms with E-state index in [2.05, 4.69) is 30.8 Å². The Morgan fingerprint density at radius 3 is 2.93 bits per heavy atom. The minimum atomic E-state index is -0.435. The average Bonchev–Trinajstić information content (AvgIpc) is 3.22. The molecule has 2 aromatic heterocycles. The summed E-state index contributed by atoms with van der Waals surface area (Å²) in [7, 11) is 0. The summed E-state index contributed by atoms with van der Waals surface area (Å²) in [5.74, 6) is -0.570. The van der Waals surface area contributed by atoms with E-state index in [9.17, 15) is 9.59 Å². The summed E-state index contributed by atoms with van der Waals surface area (Å²) in [6.07, 6.45) is 2.47. The van der Waals surface area contributed by atoms with E-state index >= 15 is 0 Å². The molecule has 0 saturated carbocycles. The molecule has 1 atom stereocenters. The summed E-state index contributed by atoms with van der Waals surface area (Å²) < 4.78 is 0. The fourth-order valence-electron chi connectivity index (χ4n) is 3.58. The van der Waals surface area contributed by atoms with E-state index in [1.165, 1.54) is 11.8 Å². The van der Waals surface area contributed by atoms with Crippen LogP contribution in [0.3, 0.4) is 0 Å². The first-order valence-corrected chi connectivity index (χ1v) is 9.59. The first-order chi connectivity index (χ1) is 13.2. The fourth-order valence-corrected chi connectivity index (χ4v) is 4.43. The third-order valence-electron chi connectivity index (χ3n) is 4.70. The highest BCUT2D eigenvalue weighted by Crippen LogP contribution is 2.42. The molecule has 2 aromatic rings. The number of fused-ring (bicyclic) bond motifs is 3. The Morgan fingerprint density at radius 2 is 2.18 bits per heavy atom. The highest BCUT2D eigenvalue weighted by atomic mass is 32.2. The van der Waals surface area contributed by atoms with Crippen LogP contribution in [-0.2, 0) is 16.6 Å². The number of carbonyl (C=O) groups excluding carboxylic acids is 2. The van der Waals surface area contributed by atoms with E-state index < -0.39 is 11.4 Å². The SMILES string of the molecule is CC1(C)Cc2cnc(N)nc2-c2n[nH]c(C(=O)NC3NC(CC(N)=O)=CS3)c21. The maximum atomic E-state index is 12.9. The van der Waals surface area contributed by atoms with Gasteiger partial charge in [-0.15, -0.1) is 0 Å². The van der Waals surface area contributed by atoms with Crippen LogP contribution in [-0.4, -0.2) is 37.5 Å². The van der Waals surface area contributed by atoms with E-state index in [-0.39, 0.29) is 23.7 Å². The van der Waals surface area contributed by atoms with Crippen molar-refractivity contribution in [3.63, 3.8) is 0 Å². The van der Waals surface area contributed by atoms with Crippen LogP contribution in [0.4, 0.5) is 5.95 Å². The quantitative estimate of drug-likeness (QED) is 0.490. The van der Waals surface area contributed by atoms with Crippen LogP contribution in [0.25, 0.3) is 11.4 Å². The van der Waals surface area contributed by atoms with Crippen LogP contribution in [0.1, 0.15) is 41.9 Å². The summed E-state index contributed by atoms with van der Waals surface area (Å²) in [5.41, 5.74) is 14.3. The monoisotopic (exact) mass is 400 g/mol. The molecule has 0 spiro atoms. The minimum Gasteiger partial charge on any atom is -0.369 e. The Balaban J connectivity index is 1.59. The lowest BCUT2D eigenvalue weighted by molar-refractivity contribution is -0.117. The van der Waals surface area contributed by atoms with Gasteiger partial charge in [0.2, 0.25) is 11.9 Å². The molecular weight excluding hydrogens is 380 g/mol. The van der Waals surface area contributed by atoms with Crippen molar-refractivity contribution in [2.45, 2.75) is 37.6 Å². The van der Waals surface area contributed by atoms with Crippen molar-refractivity contribution in [3.8, 4) is 11.4 Å². The van der Waals surface area contributed by atoms with Crippen LogP contribution in [0.15, 0.2) is 17.3 Å². The molecule has 28 heavy (non-hydrogen) atoms. The molecule has 1 aliphatic heterocycles. The minimum absolute atomic E-state index is 0.101. The fraction of sp³-hybridized carbons (Fsp3) is 0.353. The summed E-state index contributed by atoms with van der Waals surface area (Å²) in [4.78, 5) is 32.3. The largest absolute Gasteiger partial charge is 0.369 e. The van der Waals surface area contributed by atoms with Crippen LogP contribution in [0.5, 0.6) is 0 Å². The predicted octanol–water partition coefficient (Wildman–Crippen LogP) is 0.349. The molecule has 3 heterocycles. The highest BCUT2D eigenvalue weighted by molar-refractivity contribution is 8.02. The summed E-state index contributed by atoms with van der Waals surface area (Å²) in [5, 5.41) is 14.9. The van der Waals surface area contributed by atoms with E-state index in [1.54, 1.807) is 11.6 Å². The summed E-state index contributed by atoms with van der Waals surface area (Å²) in [6.45, 7) is 4.10. The number of primary amides is 1. The number of thioether (sulfide) groups is 1. The molecule has 2 amide bonds. The second-order valence-electron chi connectivity index (χ2n) is 7.41. The number of carbonyl (C=O) groups is 2. The molecule has 0 fully saturated rings. The van der Waals surface area contributed by atoms with Gasteiger partial charge >= 0.3 is 0 Å². The summed E-state index contributed by atoms with van der Waals surface area (Å²) >= 11 is 1.36. The normalized spacial score (nSPS) is 19.2. The van der Waals surface area contributed by atoms with E-state index in [0.717, 1.165) is 11.1 Å². The lowest BCUT2D eigenvalue weighted by Crippen LogP contribution is -2.41. The van der Waals surface area contributed by atoms with Gasteiger partial charge in [0.25, 0.3) is 5.91 Å². The van der Waals surface area contributed by atoms with Crippen LogP contribution in [0, 0.1) is 0 Å². The van der Waals surface area contributed by atoms with Crippen molar-refractivity contribution in [1.29, 1.82) is 0 Å². The van der Waals surface area contributed by atoms with Gasteiger partial charge in [0.1, 0.15) is 11.4 Å². The van der Waals surface area contributed by atoms with Gasteiger partial charge in [0.05, 0.1) is 12.1 Å². The number of nitrogens with zero attached hydrogens (tertiary/aromatic N) is 3. The zero-order chi connectivity index (χ0) is 20.1. The molecule has 146 valence electrons. The van der Waals surface area contributed by atoms with Gasteiger partial charge in [-0.2, -0.15) is 5.10 Å². The van der Waals surface area contributed by atoms with E-state index in [1.807, 2.05) is 13.8 Å². The Hall–Kier alpha value is -3.08. The zero-order valence-corrected chi connectivity index (χ0v) is 16.2. The Morgan fingerprint density at radius 1 is 1.39 bits per heavy atom. The number of hydrogen-bond donors (Lipinski definition) is 5. The predicted molar refractivity (Wildman–Crippen MR) is 105 cm³/mol. The number of nitrogen functional groups attached to an aromatic ring is 1. The standard InChI is InChI=1S/C17H20N8O2S/c1-17(2)4-7-5-20-15(19)22-11(7)12-10(17)13(25-24-12)14(27)23-16-21-8(6-28-16)3-9(18)26/h5-6,16,21H,3-4H2,1-2H3,(H2,18,26)(H,23,27)(H,24,25)(H2,19,20,22). The third-order valence-corrected chi connectivity index (χ3v) is 5.63. The first-order valence-electron chi connectivity index (χ1n) is 8.65. The number of H-pyrrole nitrogens is 1. The van der Waals surface area contributed by atoms with Crippen LogP contribution < -0.4 is 22.1 Å². The highest BCUT2D eigenvalue weighted by Gasteiger charge is 2.39. The molecule has 2 aliphatic rings. The maximum Gasteiger partial charge on any atom is 0.271 e.